The highest BCUT2D eigenvalue weighted by molar-refractivity contribution is 7.89. The minimum atomic E-state index is -3.65. The summed E-state index contributed by atoms with van der Waals surface area (Å²) >= 11 is 0. The van der Waals surface area contributed by atoms with E-state index in [9.17, 15) is 12.8 Å². The highest BCUT2D eigenvalue weighted by Gasteiger charge is 2.30. The molecule has 0 spiro atoms. The predicted octanol–water partition coefficient (Wildman–Crippen LogP) is 1.60. The lowest BCUT2D eigenvalue weighted by molar-refractivity contribution is 0.136. The molecular weight excluding hydrogens is 451 g/mol. The number of aromatic nitrogens is 4. The minimum absolute atomic E-state index is 0.196. The summed E-state index contributed by atoms with van der Waals surface area (Å²) in [5.74, 6) is 1.11. The second-order valence-corrected chi connectivity index (χ2v) is 9.75. The third-order valence-corrected chi connectivity index (χ3v) is 7.46. The number of benzene rings is 2. The first kappa shape index (κ1) is 21.7. The SMILES string of the molecule is O=S(=O)(c1ccc2c(c1)OCCCO2)N1CCN(Cn2nnc(-c3ccc(F)cc3)n2)CC1. The van der Waals surface area contributed by atoms with E-state index < -0.39 is 10.0 Å². The quantitative estimate of drug-likeness (QED) is 0.550. The van der Waals surface area contributed by atoms with E-state index in [1.54, 1.807) is 30.3 Å². The molecule has 1 aromatic heterocycles. The zero-order valence-electron chi connectivity index (χ0n) is 17.8. The zero-order valence-corrected chi connectivity index (χ0v) is 18.6. The topological polar surface area (TPSA) is 103 Å². The number of piperazine rings is 1. The van der Waals surface area contributed by atoms with Gasteiger partial charge in [0.25, 0.3) is 0 Å². The molecule has 10 nitrogen and oxygen atoms in total. The molecule has 2 aromatic carbocycles. The first-order valence-corrected chi connectivity index (χ1v) is 12.1. The van der Waals surface area contributed by atoms with Gasteiger partial charge < -0.3 is 9.47 Å². The van der Waals surface area contributed by atoms with Crippen LogP contribution in [0.5, 0.6) is 11.5 Å². The second kappa shape index (κ2) is 9.04. The number of halogens is 1. The molecule has 33 heavy (non-hydrogen) atoms. The maximum absolute atomic E-state index is 13.2. The van der Waals surface area contributed by atoms with Crippen molar-refractivity contribution in [1.82, 2.24) is 29.4 Å². The average Bonchev–Trinajstić information content (AvgIpc) is 3.15. The molecule has 3 aromatic rings. The number of sulfonamides is 1. The lowest BCUT2D eigenvalue weighted by atomic mass is 10.2. The molecule has 1 saturated heterocycles. The van der Waals surface area contributed by atoms with E-state index in [4.69, 9.17) is 9.47 Å². The fraction of sp³-hybridized carbons (Fsp3) is 0.381. The number of rotatable bonds is 5. The standard InChI is InChI=1S/C21H23FN6O4S/c22-17-4-2-16(3-5-17)21-23-25-28(24-21)15-26-8-10-27(11-9-26)33(29,30)18-6-7-19-20(14-18)32-13-1-12-31-19/h2-7,14H,1,8-13,15H2. The van der Waals surface area contributed by atoms with E-state index in [1.807, 2.05) is 0 Å². The molecule has 0 aliphatic carbocycles. The Kier molecular flexibility index (Phi) is 5.96. The maximum Gasteiger partial charge on any atom is 0.243 e. The van der Waals surface area contributed by atoms with Gasteiger partial charge in [-0.25, -0.2) is 12.8 Å². The molecule has 0 bridgehead atoms. The van der Waals surface area contributed by atoms with Crippen LogP contribution < -0.4 is 9.47 Å². The van der Waals surface area contributed by atoms with Gasteiger partial charge in [-0.15, -0.1) is 15.0 Å². The van der Waals surface area contributed by atoms with Crippen LogP contribution in [0.25, 0.3) is 11.4 Å². The van der Waals surface area contributed by atoms with Crippen LogP contribution in [0.15, 0.2) is 47.4 Å². The van der Waals surface area contributed by atoms with Crippen molar-refractivity contribution in [2.45, 2.75) is 18.0 Å². The highest BCUT2D eigenvalue weighted by atomic mass is 32.2. The normalized spacial score (nSPS) is 17.6. The van der Waals surface area contributed by atoms with Crippen molar-refractivity contribution in [2.75, 3.05) is 39.4 Å². The van der Waals surface area contributed by atoms with Gasteiger partial charge in [0.05, 0.1) is 18.1 Å². The van der Waals surface area contributed by atoms with E-state index in [0.29, 0.717) is 68.9 Å². The Morgan fingerprint density at radius 1 is 0.939 bits per heavy atom. The van der Waals surface area contributed by atoms with Gasteiger partial charge in [-0.05, 0) is 41.6 Å². The van der Waals surface area contributed by atoms with Crippen LogP contribution in [0.1, 0.15) is 6.42 Å². The van der Waals surface area contributed by atoms with Crippen LogP contribution in [0, 0.1) is 5.82 Å². The zero-order chi connectivity index (χ0) is 22.8. The van der Waals surface area contributed by atoms with E-state index in [-0.39, 0.29) is 10.7 Å². The van der Waals surface area contributed by atoms with Crippen LogP contribution in [-0.4, -0.2) is 77.2 Å². The number of ether oxygens (including phenoxy) is 2. The number of tetrazole rings is 1. The summed E-state index contributed by atoms with van der Waals surface area (Å²) < 4.78 is 52.1. The van der Waals surface area contributed by atoms with E-state index >= 15 is 0 Å². The third kappa shape index (κ3) is 4.68. The Labute approximate surface area is 190 Å². The lowest BCUT2D eigenvalue weighted by Crippen LogP contribution is -2.49. The molecule has 0 atom stereocenters. The Morgan fingerprint density at radius 2 is 1.67 bits per heavy atom. The molecule has 0 radical (unpaired) electrons. The van der Waals surface area contributed by atoms with Crippen LogP contribution in [0.4, 0.5) is 4.39 Å². The Morgan fingerprint density at radius 3 is 2.42 bits per heavy atom. The van der Waals surface area contributed by atoms with Crippen molar-refractivity contribution < 1.29 is 22.3 Å². The molecular formula is C21H23FN6O4S. The second-order valence-electron chi connectivity index (χ2n) is 7.81. The molecule has 2 aliphatic heterocycles. The molecule has 0 amide bonds. The van der Waals surface area contributed by atoms with Gasteiger partial charge in [-0.1, -0.05) is 0 Å². The number of fused-ring (bicyclic) bond motifs is 1. The van der Waals surface area contributed by atoms with E-state index in [0.717, 1.165) is 6.42 Å². The van der Waals surface area contributed by atoms with Crippen LogP contribution in [-0.2, 0) is 16.7 Å². The van der Waals surface area contributed by atoms with Gasteiger partial charge >= 0.3 is 0 Å². The highest BCUT2D eigenvalue weighted by Crippen LogP contribution is 2.33. The molecule has 0 saturated carbocycles. The summed E-state index contributed by atoms with van der Waals surface area (Å²) in [5, 5.41) is 12.4. The number of nitrogens with zero attached hydrogens (tertiary/aromatic N) is 6. The van der Waals surface area contributed by atoms with E-state index in [2.05, 4.69) is 20.3 Å². The van der Waals surface area contributed by atoms with Gasteiger partial charge in [-0.2, -0.15) is 4.31 Å². The summed E-state index contributed by atoms with van der Waals surface area (Å²) in [6.45, 7) is 3.16. The molecule has 0 N–H and O–H groups in total. The Balaban J connectivity index is 1.21. The van der Waals surface area contributed by atoms with Crippen molar-refractivity contribution in [3.05, 3.63) is 48.3 Å². The maximum atomic E-state index is 13.2. The Hall–Kier alpha value is -3.09. The van der Waals surface area contributed by atoms with Gasteiger partial charge in [0, 0.05) is 44.2 Å². The van der Waals surface area contributed by atoms with Gasteiger partial charge in [-0.3, -0.25) is 4.90 Å². The number of hydrogen-bond acceptors (Lipinski definition) is 8. The lowest BCUT2D eigenvalue weighted by Gasteiger charge is -2.33. The predicted molar refractivity (Wildman–Crippen MR) is 116 cm³/mol. The van der Waals surface area contributed by atoms with Crippen LogP contribution >= 0.6 is 0 Å². The van der Waals surface area contributed by atoms with Crippen LogP contribution in [0.2, 0.25) is 0 Å². The van der Waals surface area contributed by atoms with Crippen molar-refractivity contribution >= 4 is 10.0 Å². The summed E-state index contributed by atoms with van der Waals surface area (Å²) in [4.78, 5) is 3.70. The van der Waals surface area contributed by atoms with Crippen molar-refractivity contribution in [3.63, 3.8) is 0 Å². The largest absolute Gasteiger partial charge is 0.490 e. The molecule has 3 heterocycles. The minimum Gasteiger partial charge on any atom is -0.490 e. The number of hydrogen-bond donors (Lipinski definition) is 0. The molecule has 2 aliphatic rings. The summed E-state index contributed by atoms with van der Waals surface area (Å²) in [5.41, 5.74) is 0.675. The van der Waals surface area contributed by atoms with Crippen molar-refractivity contribution in [2.24, 2.45) is 0 Å². The van der Waals surface area contributed by atoms with Gasteiger partial charge in [0.2, 0.25) is 15.8 Å². The van der Waals surface area contributed by atoms with E-state index in [1.165, 1.54) is 21.2 Å². The van der Waals surface area contributed by atoms with Gasteiger partial charge in [0.15, 0.2) is 11.5 Å². The summed E-state index contributed by atoms with van der Waals surface area (Å²) in [7, 11) is -3.65. The average molecular weight is 475 g/mol. The third-order valence-electron chi connectivity index (χ3n) is 5.57. The summed E-state index contributed by atoms with van der Waals surface area (Å²) in [6, 6.07) is 10.6. The fourth-order valence-corrected chi connectivity index (χ4v) is 5.20. The summed E-state index contributed by atoms with van der Waals surface area (Å²) in [6.07, 6.45) is 0.755. The smallest absolute Gasteiger partial charge is 0.243 e. The van der Waals surface area contributed by atoms with Crippen molar-refractivity contribution in [3.8, 4) is 22.9 Å². The molecule has 1 fully saturated rings. The first-order chi connectivity index (χ1) is 16.0. The van der Waals surface area contributed by atoms with Gasteiger partial charge in [0.1, 0.15) is 12.5 Å². The molecule has 0 unspecified atom stereocenters. The fourth-order valence-electron chi connectivity index (χ4n) is 3.76. The van der Waals surface area contributed by atoms with Crippen LogP contribution in [0.3, 0.4) is 0 Å². The monoisotopic (exact) mass is 474 g/mol. The molecule has 12 heteroatoms. The van der Waals surface area contributed by atoms with Crippen molar-refractivity contribution in [1.29, 1.82) is 0 Å². The first-order valence-electron chi connectivity index (χ1n) is 10.6. The molecule has 5 rings (SSSR count). The Bertz CT molecular complexity index is 1230. The molecule has 174 valence electrons.